The predicted octanol–water partition coefficient (Wildman–Crippen LogP) is 1.72. The van der Waals surface area contributed by atoms with Gasteiger partial charge in [-0.15, -0.1) is 0 Å². The first kappa shape index (κ1) is 13.8. The largest absolute Gasteiger partial charge is 0.396 e. The van der Waals surface area contributed by atoms with Crippen LogP contribution in [-0.2, 0) is 0 Å². The smallest absolute Gasteiger partial charge is 0.248 e. The third-order valence-electron chi connectivity index (χ3n) is 5.42. The van der Waals surface area contributed by atoms with Gasteiger partial charge in [-0.2, -0.15) is 0 Å². The summed E-state index contributed by atoms with van der Waals surface area (Å²) in [7, 11) is 0. The van der Waals surface area contributed by atoms with E-state index in [0.29, 0.717) is 11.8 Å². The van der Waals surface area contributed by atoms with Crippen LogP contribution < -0.4 is 5.56 Å². The fourth-order valence-corrected chi connectivity index (χ4v) is 4.10. The molecule has 0 radical (unpaired) electrons. The highest BCUT2D eigenvalue weighted by Crippen LogP contribution is 2.44. The monoisotopic (exact) mass is 276 g/mol. The summed E-state index contributed by atoms with van der Waals surface area (Å²) >= 11 is 0. The standard InChI is InChI=1S/C16H24N2O2/c1-16-7-2-3-8-18(16)10-12(9-13(16)11-19)14-5-4-6-15(20)17-14/h4-6,12-13,19H,2-3,7-11H2,1H3,(H,17,20)/t12-,13-,16-/m1/s1. The van der Waals surface area contributed by atoms with Crippen molar-refractivity contribution in [3.05, 3.63) is 34.2 Å². The molecule has 2 aliphatic heterocycles. The third kappa shape index (κ3) is 2.31. The first-order valence-corrected chi connectivity index (χ1v) is 7.68. The van der Waals surface area contributed by atoms with Crippen LogP contribution in [0.15, 0.2) is 23.0 Å². The molecule has 3 rings (SSSR count). The van der Waals surface area contributed by atoms with E-state index in [1.165, 1.54) is 19.3 Å². The van der Waals surface area contributed by atoms with E-state index in [9.17, 15) is 9.90 Å². The second-order valence-corrected chi connectivity index (χ2v) is 6.54. The Morgan fingerprint density at radius 1 is 1.45 bits per heavy atom. The molecule has 2 saturated heterocycles. The topological polar surface area (TPSA) is 56.3 Å². The highest BCUT2D eigenvalue weighted by Gasteiger charge is 2.46. The Kier molecular flexibility index (Phi) is 3.69. The van der Waals surface area contributed by atoms with Crippen LogP contribution in [0.4, 0.5) is 0 Å². The molecule has 1 aromatic rings. The summed E-state index contributed by atoms with van der Waals surface area (Å²) in [6.45, 7) is 4.64. The van der Waals surface area contributed by atoms with E-state index >= 15 is 0 Å². The maximum absolute atomic E-state index is 11.5. The van der Waals surface area contributed by atoms with Gasteiger partial charge in [-0.25, -0.2) is 0 Å². The second kappa shape index (κ2) is 5.34. The Labute approximate surface area is 119 Å². The molecule has 4 nitrogen and oxygen atoms in total. The molecule has 3 heterocycles. The Hall–Kier alpha value is -1.13. The van der Waals surface area contributed by atoms with Crippen molar-refractivity contribution in [2.45, 2.75) is 44.1 Å². The lowest BCUT2D eigenvalue weighted by atomic mass is 9.69. The molecule has 3 atom stereocenters. The molecule has 4 heteroatoms. The number of hydrogen-bond acceptors (Lipinski definition) is 3. The minimum atomic E-state index is -0.0324. The number of rotatable bonds is 2. The maximum atomic E-state index is 11.5. The van der Waals surface area contributed by atoms with Gasteiger partial charge in [0.1, 0.15) is 0 Å². The number of aromatic nitrogens is 1. The molecule has 2 fully saturated rings. The quantitative estimate of drug-likeness (QED) is 0.864. The fraction of sp³-hybridized carbons (Fsp3) is 0.688. The number of piperidine rings is 2. The van der Waals surface area contributed by atoms with Gasteiger partial charge in [0, 0.05) is 42.3 Å². The highest BCUT2D eigenvalue weighted by molar-refractivity contribution is 5.14. The predicted molar refractivity (Wildman–Crippen MR) is 78.8 cm³/mol. The Morgan fingerprint density at radius 3 is 3.05 bits per heavy atom. The first-order valence-electron chi connectivity index (χ1n) is 7.68. The minimum absolute atomic E-state index is 0.0324. The van der Waals surface area contributed by atoms with Gasteiger partial charge in [-0.05, 0) is 38.8 Å². The molecular weight excluding hydrogens is 252 g/mol. The van der Waals surface area contributed by atoms with Crippen LogP contribution in [0.5, 0.6) is 0 Å². The first-order chi connectivity index (χ1) is 9.63. The number of aliphatic hydroxyl groups excluding tert-OH is 1. The van der Waals surface area contributed by atoms with Crippen LogP contribution in [0.1, 0.15) is 44.2 Å². The zero-order valence-electron chi connectivity index (χ0n) is 12.1. The number of hydrogen-bond donors (Lipinski definition) is 2. The molecule has 20 heavy (non-hydrogen) atoms. The van der Waals surface area contributed by atoms with Crippen molar-refractivity contribution in [3.63, 3.8) is 0 Å². The van der Waals surface area contributed by atoms with E-state index < -0.39 is 0 Å². The second-order valence-electron chi connectivity index (χ2n) is 6.54. The molecule has 0 saturated carbocycles. The van der Waals surface area contributed by atoms with Gasteiger partial charge in [0.05, 0.1) is 0 Å². The average molecular weight is 276 g/mol. The number of pyridine rings is 1. The summed E-state index contributed by atoms with van der Waals surface area (Å²) in [6, 6.07) is 5.39. The van der Waals surface area contributed by atoms with Crippen molar-refractivity contribution >= 4 is 0 Å². The number of aliphatic hydroxyl groups is 1. The summed E-state index contributed by atoms with van der Waals surface area (Å²) in [4.78, 5) is 17.0. The van der Waals surface area contributed by atoms with Crippen molar-refractivity contribution in [3.8, 4) is 0 Å². The van der Waals surface area contributed by atoms with E-state index in [1.54, 1.807) is 6.07 Å². The lowest BCUT2D eigenvalue weighted by Gasteiger charge is -2.54. The number of fused-ring (bicyclic) bond motifs is 1. The van der Waals surface area contributed by atoms with Crippen molar-refractivity contribution < 1.29 is 5.11 Å². The molecule has 2 aliphatic rings. The Balaban J connectivity index is 1.88. The normalized spacial score (nSPS) is 34.7. The van der Waals surface area contributed by atoms with E-state index in [4.69, 9.17) is 0 Å². The molecular formula is C16H24N2O2. The van der Waals surface area contributed by atoms with Crippen LogP contribution in [0.3, 0.4) is 0 Å². The highest BCUT2D eigenvalue weighted by atomic mass is 16.3. The van der Waals surface area contributed by atoms with Gasteiger partial charge in [0.2, 0.25) is 5.56 Å². The van der Waals surface area contributed by atoms with E-state index in [0.717, 1.165) is 25.2 Å². The van der Waals surface area contributed by atoms with Gasteiger partial charge < -0.3 is 10.1 Å². The van der Waals surface area contributed by atoms with Crippen LogP contribution in [0.2, 0.25) is 0 Å². The van der Waals surface area contributed by atoms with Gasteiger partial charge in [0.25, 0.3) is 0 Å². The van der Waals surface area contributed by atoms with Gasteiger partial charge >= 0.3 is 0 Å². The number of H-pyrrole nitrogens is 1. The summed E-state index contributed by atoms with van der Waals surface area (Å²) in [5.74, 6) is 0.623. The molecule has 0 bridgehead atoms. The SMILES string of the molecule is C[C@]12CCCCN1C[C@H](c1cccc(=O)[nH]1)C[C@@H]2CO. The molecule has 0 unspecified atom stereocenters. The van der Waals surface area contributed by atoms with Gasteiger partial charge in [-0.3, -0.25) is 9.69 Å². The lowest BCUT2D eigenvalue weighted by Crippen LogP contribution is -2.60. The van der Waals surface area contributed by atoms with Crippen LogP contribution in [0, 0.1) is 5.92 Å². The lowest BCUT2D eigenvalue weighted by molar-refractivity contribution is -0.0504. The minimum Gasteiger partial charge on any atom is -0.396 e. The van der Waals surface area contributed by atoms with E-state index in [2.05, 4.69) is 16.8 Å². The summed E-state index contributed by atoms with van der Waals surface area (Å²) < 4.78 is 0. The molecule has 0 aromatic carbocycles. The van der Waals surface area contributed by atoms with Gasteiger partial charge in [-0.1, -0.05) is 12.5 Å². The fourth-order valence-electron chi connectivity index (χ4n) is 4.10. The molecule has 0 aliphatic carbocycles. The zero-order chi connectivity index (χ0) is 14.2. The maximum Gasteiger partial charge on any atom is 0.248 e. The van der Waals surface area contributed by atoms with Crippen LogP contribution >= 0.6 is 0 Å². The van der Waals surface area contributed by atoms with E-state index in [1.807, 2.05) is 12.1 Å². The molecule has 110 valence electrons. The molecule has 0 spiro atoms. The summed E-state index contributed by atoms with van der Waals surface area (Å²) in [6.07, 6.45) is 4.64. The summed E-state index contributed by atoms with van der Waals surface area (Å²) in [5, 5.41) is 9.82. The molecule has 1 aromatic heterocycles. The van der Waals surface area contributed by atoms with Crippen molar-refractivity contribution in [2.24, 2.45) is 5.92 Å². The van der Waals surface area contributed by atoms with Crippen molar-refractivity contribution in [1.29, 1.82) is 0 Å². The zero-order valence-corrected chi connectivity index (χ0v) is 12.1. The van der Waals surface area contributed by atoms with Crippen molar-refractivity contribution in [2.75, 3.05) is 19.7 Å². The molecule has 2 N–H and O–H groups in total. The average Bonchev–Trinajstić information content (AvgIpc) is 2.45. The van der Waals surface area contributed by atoms with Crippen LogP contribution in [0.25, 0.3) is 0 Å². The Bertz CT molecular complexity index is 517. The van der Waals surface area contributed by atoms with Gasteiger partial charge in [0.15, 0.2) is 0 Å². The number of nitrogens with zero attached hydrogens (tertiary/aromatic N) is 1. The van der Waals surface area contributed by atoms with E-state index in [-0.39, 0.29) is 17.7 Å². The van der Waals surface area contributed by atoms with Crippen molar-refractivity contribution in [1.82, 2.24) is 9.88 Å². The molecule has 0 amide bonds. The Morgan fingerprint density at radius 2 is 2.30 bits per heavy atom. The third-order valence-corrected chi connectivity index (χ3v) is 5.42. The van der Waals surface area contributed by atoms with Crippen LogP contribution in [-0.4, -0.2) is 40.2 Å². The summed E-state index contributed by atoms with van der Waals surface area (Å²) in [5.41, 5.74) is 1.12. The number of aromatic amines is 1. The number of nitrogens with one attached hydrogen (secondary N) is 1.